The maximum atomic E-state index is 12.0. The average Bonchev–Trinajstić information content (AvgIpc) is 2.22. The number of anilines is 1. The zero-order chi connectivity index (χ0) is 12.3. The number of nitrogens with two attached hydrogens (primary N) is 1. The Labute approximate surface area is 97.2 Å². The van der Waals surface area contributed by atoms with E-state index < -0.39 is 6.04 Å². The van der Waals surface area contributed by atoms with E-state index >= 15 is 0 Å². The van der Waals surface area contributed by atoms with Gasteiger partial charge in [0.05, 0.1) is 6.04 Å². The zero-order valence-corrected chi connectivity index (χ0v) is 10.4. The second-order valence-electron chi connectivity index (χ2n) is 4.11. The van der Waals surface area contributed by atoms with Crippen LogP contribution in [0.4, 0.5) is 5.69 Å². The molecule has 0 saturated heterocycles. The first-order chi connectivity index (χ1) is 7.49. The topological polar surface area (TPSA) is 46.3 Å². The van der Waals surface area contributed by atoms with Crippen LogP contribution < -0.4 is 10.6 Å². The first-order valence-electron chi connectivity index (χ1n) is 5.62. The molecule has 0 aliphatic carbocycles. The van der Waals surface area contributed by atoms with Crippen LogP contribution in [0.3, 0.4) is 0 Å². The molecular formula is C13H20N2O. The molecule has 0 fully saturated rings. The number of aryl methyl sites for hydroxylation is 2. The molecule has 1 aromatic carbocycles. The average molecular weight is 220 g/mol. The Morgan fingerprint density at radius 3 is 2.25 bits per heavy atom. The van der Waals surface area contributed by atoms with Crippen molar-refractivity contribution in [2.24, 2.45) is 5.73 Å². The predicted molar refractivity (Wildman–Crippen MR) is 67.6 cm³/mol. The largest absolute Gasteiger partial charge is 0.320 e. The van der Waals surface area contributed by atoms with Crippen LogP contribution in [0, 0.1) is 13.8 Å². The Kier molecular flexibility index (Phi) is 4.07. The van der Waals surface area contributed by atoms with Gasteiger partial charge in [-0.25, -0.2) is 0 Å². The van der Waals surface area contributed by atoms with E-state index in [1.54, 1.807) is 11.8 Å². The Hall–Kier alpha value is -1.35. The van der Waals surface area contributed by atoms with Gasteiger partial charge in [-0.1, -0.05) is 18.2 Å². The Morgan fingerprint density at radius 1 is 1.38 bits per heavy atom. The summed E-state index contributed by atoms with van der Waals surface area (Å²) in [5, 5.41) is 0. The normalized spacial score (nSPS) is 12.3. The lowest BCUT2D eigenvalue weighted by molar-refractivity contribution is -0.119. The maximum absolute atomic E-state index is 12.0. The third kappa shape index (κ3) is 2.42. The molecule has 2 N–H and O–H groups in total. The van der Waals surface area contributed by atoms with Gasteiger partial charge in [0.1, 0.15) is 0 Å². The molecule has 0 radical (unpaired) electrons. The minimum absolute atomic E-state index is 0.0279. The van der Waals surface area contributed by atoms with Crippen molar-refractivity contribution in [1.29, 1.82) is 0 Å². The molecule has 1 amide bonds. The molecule has 0 spiro atoms. The van der Waals surface area contributed by atoms with Gasteiger partial charge in [0.15, 0.2) is 0 Å². The molecule has 1 atom stereocenters. The highest BCUT2D eigenvalue weighted by Crippen LogP contribution is 2.24. The number of amides is 1. The van der Waals surface area contributed by atoms with Gasteiger partial charge < -0.3 is 10.6 Å². The number of para-hydroxylation sites is 1. The van der Waals surface area contributed by atoms with Crippen LogP contribution >= 0.6 is 0 Å². The van der Waals surface area contributed by atoms with Crippen LogP contribution in [0.25, 0.3) is 0 Å². The highest BCUT2D eigenvalue weighted by molar-refractivity contribution is 5.98. The molecule has 0 heterocycles. The fraction of sp³-hybridized carbons (Fsp3) is 0.462. The Bertz CT molecular complexity index is 365. The van der Waals surface area contributed by atoms with E-state index in [-0.39, 0.29) is 5.91 Å². The number of benzene rings is 1. The van der Waals surface area contributed by atoms with Crippen LogP contribution in [0.1, 0.15) is 25.0 Å². The number of likely N-dealkylation sites (N-methyl/N-ethyl adjacent to an activating group) is 1. The first kappa shape index (κ1) is 12.7. The molecule has 0 saturated carbocycles. The summed E-state index contributed by atoms with van der Waals surface area (Å²) in [5.41, 5.74) is 8.87. The maximum Gasteiger partial charge on any atom is 0.243 e. The second kappa shape index (κ2) is 5.12. The van der Waals surface area contributed by atoms with Gasteiger partial charge in [0.25, 0.3) is 0 Å². The number of hydrogen-bond acceptors (Lipinski definition) is 2. The highest BCUT2D eigenvalue weighted by Gasteiger charge is 2.20. The van der Waals surface area contributed by atoms with Gasteiger partial charge in [0.2, 0.25) is 5.91 Å². The van der Waals surface area contributed by atoms with E-state index in [0.717, 1.165) is 16.8 Å². The summed E-state index contributed by atoms with van der Waals surface area (Å²) >= 11 is 0. The Balaban J connectivity index is 3.18. The number of nitrogens with zero attached hydrogens (tertiary/aromatic N) is 1. The summed E-state index contributed by atoms with van der Waals surface area (Å²) < 4.78 is 0. The predicted octanol–water partition coefficient (Wildman–Crippen LogP) is 2.00. The fourth-order valence-corrected chi connectivity index (χ4v) is 1.90. The summed E-state index contributed by atoms with van der Waals surface area (Å²) in [6.45, 7) is 8.36. The summed E-state index contributed by atoms with van der Waals surface area (Å²) in [6, 6.07) is 5.57. The van der Waals surface area contributed by atoms with Gasteiger partial charge in [-0.15, -0.1) is 0 Å². The van der Waals surface area contributed by atoms with Crippen molar-refractivity contribution in [2.45, 2.75) is 33.7 Å². The van der Waals surface area contributed by atoms with Crippen molar-refractivity contribution in [3.63, 3.8) is 0 Å². The van der Waals surface area contributed by atoms with E-state index in [0.29, 0.717) is 6.54 Å². The van der Waals surface area contributed by atoms with Gasteiger partial charge in [-0.2, -0.15) is 0 Å². The summed E-state index contributed by atoms with van der Waals surface area (Å²) in [5.74, 6) is -0.0279. The fourth-order valence-electron chi connectivity index (χ4n) is 1.90. The highest BCUT2D eigenvalue weighted by atomic mass is 16.2. The molecule has 0 aromatic heterocycles. The zero-order valence-electron chi connectivity index (χ0n) is 10.4. The molecule has 1 unspecified atom stereocenters. The molecule has 3 heteroatoms. The number of carbonyl (C=O) groups is 1. The Morgan fingerprint density at radius 2 is 1.88 bits per heavy atom. The summed E-state index contributed by atoms with van der Waals surface area (Å²) in [6.07, 6.45) is 0. The monoisotopic (exact) mass is 220 g/mol. The lowest BCUT2D eigenvalue weighted by atomic mass is 10.1. The van der Waals surface area contributed by atoms with E-state index in [1.807, 2.05) is 39.0 Å². The molecule has 88 valence electrons. The molecule has 0 aliphatic rings. The van der Waals surface area contributed by atoms with Crippen molar-refractivity contribution in [3.05, 3.63) is 29.3 Å². The molecule has 1 rings (SSSR count). The third-order valence-electron chi connectivity index (χ3n) is 2.68. The lowest BCUT2D eigenvalue weighted by Crippen LogP contribution is -2.42. The number of rotatable bonds is 3. The molecular weight excluding hydrogens is 200 g/mol. The van der Waals surface area contributed by atoms with Crippen molar-refractivity contribution in [3.8, 4) is 0 Å². The smallest absolute Gasteiger partial charge is 0.243 e. The van der Waals surface area contributed by atoms with E-state index in [1.165, 1.54) is 0 Å². The lowest BCUT2D eigenvalue weighted by Gasteiger charge is -2.26. The van der Waals surface area contributed by atoms with Gasteiger partial charge in [-0.3, -0.25) is 4.79 Å². The van der Waals surface area contributed by atoms with Gasteiger partial charge >= 0.3 is 0 Å². The SMILES string of the molecule is CCN(C(=O)C(C)N)c1c(C)cccc1C. The van der Waals surface area contributed by atoms with Crippen LogP contribution in [0.15, 0.2) is 18.2 Å². The van der Waals surface area contributed by atoms with Crippen molar-refractivity contribution < 1.29 is 4.79 Å². The van der Waals surface area contributed by atoms with Crippen molar-refractivity contribution in [2.75, 3.05) is 11.4 Å². The van der Waals surface area contributed by atoms with E-state index in [2.05, 4.69) is 0 Å². The molecule has 1 aromatic rings. The van der Waals surface area contributed by atoms with Gasteiger partial charge in [-0.05, 0) is 38.8 Å². The number of hydrogen-bond donors (Lipinski definition) is 1. The third-order valence-corrected chi connectivity index (χ3v) is 2.68. The van der Waals surface area contributed by atoms with Crippen molar-refractivity contribution >= 4 is 11.6 Å². The van der Waals surface area contributed by atoms with Crippen LogP contribution in [0.2, 0.25) is 0 Å². The first-order valence-corrected chi connectivity index (χ1v) is 5.62. The minimum Gasteiger partial charge on any atom is -0.320 e. The minimum atomic E-state index is -0.459. The summed E-state index contributed by atoms with van der Waals surface area (Å²) in [4.78, 5) is 13.7. The quantitative estimate of drug-likeness (QED) is 0.847. The van der Waals surface area contributed by atoms with Crippen molar-refractivity contribution in [1.82, 2.24) is 0 Å². The molecule has 3 nitrogen and oxygen atoms in total. The van der Waals surface area contributed by atoms with E-state index in [9.17, 15) is 4.79 Å². The van der Waals surface area contributed by atoms with Crippen LogP contribution in [-0.4, -0.2) is 18.5 Å². The standard InChI is InChI=1S/C13H20N2O/c1-5-15(13(16)11(4)14)12-9(2)7-6-8-10(12)3/h6-8,11H,5,14H2,1-4H3. The summed E-state index contributed by atoms with van der Waals surface area (Å²) in [7, 11) is 0. The molecule has 0 aliphatic heterocycles. The van der Waals surface area contributed by atoms with Gasteiger partial charge in [0, 0.05) is 12.2 Å². The molecule has 0 bridgehead atoms. The van der Waals surface area contributed by atoms with Crippen LogP contribution in [-0.2, 0) is 4.79 Å². The van der Waals surface area contributed by atoms with E-state index in [4.69, 9.17) is 5.73 Å². The van der Waals surface area contributed by atoms with Crippen LogP contribution in [0.5, 0.6) is 0 Å². The second-order valence-corrected chi connectivity index (χ2v) is 4.11. The molecule has 16 heavy (non-hydrogen) atoms. The number of carbonyl (C=O) groups excluding carboxylic acids is 1.